The van der Waals surface area contributed by atoms with Crippen molar-refractivity contribution in [3.8, 4) is 0 Å². The Hall–Kier alpha value is -0.330. The van der Waals surface area contributed by atoms with E-state index < -0.39 is 10.0 Å². The highest BCUT2D eigenvalue weighted by Crippen LogP contribution is 2.24. The molecule has 0 bridgehead atoms. The van der Waals surface area contributed by atoms with Crippen molar-refractivity contribution in [1.82, 2.24) is 9.62 Å². The number of hydrogen-bond donors (Lipinski definition) is 1. The molecule has 1 N–H and O–H groups in total. The second-order valence-electron chi connectivity index (χ2n) is 4.58. The van der Waals surface area contributed by atoms with E-state index in [-0.39, 0.29) is 18.4 Å². The van der Waals surface area contributed by atoms with E-state index in [1.165, 1.54) is 4.31 Å². The van der Waals surface area contributed by atoms with Gasteiger partial charge >= 0.3 is 0 Å². The van der Waals surface area contributed by atoms with Crippen LogP contribution >= 0.6 is 24.0 Å². The van der Waals surface area contributed by atoms with Gasteiger partial charge in [-0.1, -0.05) is 11.6 Å². The number of halogens is 2. The SMILES string of the molecule is Cc1cc(Cl)ccc1S(=O)(=O)N(C)C1CCNC1.Cl. The summed E-state index contributed by atoms with van der Waals surface area (Å²) in [7, 11) is -1.80. The Kier molecular flexibility index (Phi) is 5.65. The van der Waals surface area contributed by atoms with Crippen LogP contribution in [0.3, 0.4) is 0 Å². The van der Waals surface area contributed by atoms with Crippen LogP contribution in [0.4, 0.5) is 0 Å². The lowest BCUT2D eigenvalue weighted by Gasteiger charge is -2.24. The third-order valence-electron chi connectivity index (χ3n) is 3.34. The second-order valence-corrected chi connectivity index (χ2v) is 6.98. The highest BCUT2D eigenvalue weighted by atomic mass is 35.5. The molecule has 0 saturated carbocycles. The number of nitrogens with one attached hydrogen (secondary N) is 1. The molecule has 1 saturated heterocycles. The van der Waals surface area contributed by atoms with Crippen LogP contribution in [-0.4, -0.2) is 38.9 Å². The van der Waals surface area contributed by atoms with Gasteiger partial charge < -0.3 is 5.32 Å². The summed E-state index contributed by atoms with van der Waals surface area (Å²) in [6.45, 7) is 3.34. The van der Waals surface area contributed by atoms with Gasteiger partial charge in [-0.15, -0.1) is 12.4 Å². The first-order chi connectivity index (χ1) is 8.43. The average Bonchev–Trinajstić information content (AvgIpc) is 2.80. The maximum atomic E-state index is 12.5. The number of hydrogen-bond acceptors (Lipinski definition) is 3. The lowest BCUT2D eigenvalue weighted by molar-refractivity contribution is 0.387. The Morgan fingerprint density at radius 3 is 2.63 bits per heavy atom. The van der Waals surface area contributed by atoms with E-state index >= 15 is 0 Å². The molecule has 19 heavy (non-hydrogen) atoms. The van der Waals surface area contributed by atoms with Gasteiger partial charge in [-0.05, 0) is 43.7 Å². The van der Waals surface area contributed by atoms with Crippen molar-refractivity contribution >= 4 is 34.0 Å². The summed E-state index contributed by atoms with van der Waals surface area (Å²) in [6, 6.07) is 4.90. The fourth-order valence-electron chi connectivity index (χ4n) is 2.20. The predicted molar refractivity (Wildman–Crippen MR) is 79.7 cm³/mol. The van der Waals surface area contributed by atoms with Crippen molar-refractivity contribution < 1.29 is 8.42 Å². The quantitative estimate of drug-likeness (QED) is 0.925. The number of aryl methyl sites for hydroxylation is 1. The van der Waals surface area contributed by atoms with Gasteiger partial charge in [0.2, 0.25) is 10.0 Å². The third kappa shape index (κ3) is 3.41. The number of rotatable bonds is 3. The lowest BCUT2D eigenvalue weighted by atomic mass is 10.2. The zero-order valence-corrected chi connectivity index (χ0v) is 13.3. The van der Waals surface area contributed by atoms with Gasteiger partial charge in [-0.25, -0.2) is 8.42 Å². The van der Waals surface area contributed by atoms with E-state index in [1.54, 1.807) is 32.2 Å². The van der Waals surface area contributed by atoms with Crippen molar-refractivity contribution in [2.24, 2.45) is 0 Å². The number of sulfonamides is 1. The third-order valence-corrected chi connectivity index (χ3v) is 5.65. The maximum Gasteiger partial charge on any atom is 0.243 e. The van der Waals surface area contributed by atoms with E-state index in [2.05, 4.69) is 5.32 Å². The van der Waals surface area contributed by atoms with E-state index in [9.17, 15) is 8.42 Å². The number of likely N-dealkylation sites (N-methyl/N-ethyl adjacent to an activating group) is 1. The molecule has 0 aromatic heterocycles. The summed E-state index contributed by atoms with van der Waals surface area (Å²) in [5, 5.41) is 3.73. The highest BCUT2D eigenvalue weighted by Gasteiger charge is 2.30. The second kappa shape index (κ2) is 6.41. The molecule has 0 spiro atoms. The van der Waals surface area contributed by atoms with Crippen LogP contribution in [0.15, 0.2) is 23.1 Å². The largest absolute Gasteiger partial charge is 0.315 e. The molecular formula is C12H18Cl2N2O2S. The first-order valence-corrected chi connectivity index (χ1v) is 7.69. The predicted octanol–water partition coefficient (Wildman–Crippen LogP) is 2.05. The first-order valence-electron chi connectivity index (χ1n) is 5.88. The number of nitrogens with zero attached hydrogens (tertiary/aromatic N) is 1. The van der Waals surface area contributed by atoms with Gasteiger partial charge in [0.05, 0.1) is 4.90 Å². The van der Waals surface area contributed by atoms with Crippen LogP contribution in [0.5, 0.6) is 0 Å². The van der Waals surface area contributed by atoms with Crippen molar-refractivity contribution in [2.75, 3.05) is 20.1 Å². The zero-order chi connectivity index (χ0) is 13.3. The molecule has 1 aromatic rings. The van der Waals surface area contributed by atoms with Crippen molar-refractivity contribution in [2.45, 2.75) is 24.3 Å². The topological polar surface area (TPSA) is 49.4 Å². The van der Waals surface area contributed by atoms with Crippen LogP contribution in [-0.2, 0) is 10.0 Å². The highest BCUT2D eigenvalue weighted by molar-refractivity contribution is 7.89. The van der Waals surface area contributed by atoms with E-state index in [4.69, 9.17) is 11.6 Å². The molecule has 1 aliphatic rings. The van der Waals surface area contributed by atoms with E-state index in [0.717, 1.165) is 13.0 Å². The molecule has 1 heterocycles. The minimum absolute atomic E-state index is 0. The molecule has 2 rings (SSSR count). The molecule has 1 fully saturated rings. The fourth-order valence-corrected chi connectivity index (χ4v) is 4.02. The van der Waals surface area contributed by atoms with Crippen LogP contribution in [0.25, 0.3) is 0 Å². The van der Waals surface area contributed by atoms with Crippen molar-refractivity contribution in [3.05, 3.63) is 28.8 Å². The molecular weight excluding hydrogens is 307 g/mol. The van der Waals surface area contributed by atoms with Gasteiger partial charge in [-0.2, -0.15) is 4.31 Å². The first kappa shape index (κ1) is 16.7. The van der Waals surface area contributed by atoms with Crippen LogP contribution < -0.4 is 5.32 Å². The van der Waals surface area contributed by atoms with E-state index in [0.29, 0.717) is 22.0 Å². The van der Waals surface area contributed by atoms with Crippen molar-refractivity contribution in [3.63, 3.8) is 0 Å². The van der Waals surface area contributed by atoms with Gasteiger partial charge in [0.1, 0.15) is 0 Å². The standard InChI is InChI=1S/C12H17ClN2O2S.ClH/c1-9-7-10(13)3-4-12(9)18(16,17)15(2)11-5-6-14-8-11;/h3-4,7,11,14H,5-6,8H2,1-2H3;1H. The molecule has 1 aromatic carbocycles. The monoisotopic (exact) mass is 324 g/mol. The molecule has 0 amide bonds. The molecule has 7 heteroatoms. The van der Waals surface area contributed by atoms with Crippen LogP contribution in [0.1, 0.15) is 12.0 Å². The maximum absolute atomic E-state index is 12.5. The zero-order valence-electron chi connectivity index (χ0n) is 10.9. The summed E-state index contributed by atoms with van der Waals surface area (Å²) in [5.74, 6) is 0. The molecule has 1 atom stereocenters. The molecule has 4 nitrogen and oxygen atoms in total. The van der Waals surface area contributed by atoms with Gasteiger partial charge in [0.25, 0.3) is 0 Å². The Balaban J connectivity index is 0.00000180. The Morgan fingerprint density at radius 2 is 2.11 bits per heavy atom. The Morgan fingerprint density at radius 1 is 1.42 bits per heavy atom. The average molecular weight is 325 g/mol. The molecule has 0 aliphatic carbocycles. The summed E-state index contributed by atoms with van der Waals surface area (Å²) in [4.78, 5) is 0.335. The van der Waals surface area contributed by atoms with Gasteiger partial charge in [0, 0.05) is 24.7 Å². The fraction of sp³-hybridized carbons (Fsp3) is 0.500. The number of benzene rings is 1. The molecule has 1 aliphatic heterocycles. The Labute approximate surface area is 125 Å². The smallest absolute Gasteiger partial charge is 0.243 e. The van der Waals surface area contributed by atoms with Crippen LogP contribution in [0.2, 0.25) is 5.02 Å². The minimum atomic E-state index is -3.44. The van der Waals surface area contributed by atoms with Crippen molar-refractivity contribution in [1.29, 1.82) is 0 Å². The lowest BCUT2D eigenvalue weighted by Crippen LogP contribution is -2.38. The molecule has 1 unspecified atom stereocenters. The summed E-state index contributed by atoms with van der Waals surface area (Å²) in [5.41, 5.74) is 0.681. The summed E-state index contributed by atoms with van der Waals surface area (Å²) >= 11 is 5.86. The van der Waals surface area contributed by atoms with Crippen LogP contribution in [0, 0.1) is 6.92 Å². The van der Waals surface area contributed by atoms with Gasteiger partial charge in [0.15, 0.2) is 0 Å². The van der Waals surface area contributed by atoms with Gasteiger partial charge in [-0.3, -0.25) is 0 Å². The molecule has 0 radical (unpaired) electrons. The summed E-state index contributed by atoms with van der Waals surface area (Å²) in [6.07, 6.45) is 0.850. The van der Waals surface area contributed by atoms with E-state index in [1.807, 2.05) is 0 Å². The Bertz CT molecular complexity index is 543. The minimum Gasteiger partial charge on any atom is -0.315 e. The summed E-state index contributed by atoms with van der Waals surface area (Å²) < 4.78 is 26.5. The molecule has 108 valence electrons. The normalized spacial score (nSPS) is 19.5.